The molecule has 0 unspecified atom stereocenters. The fraction of sp³-hybridized carbons (Fsp3) is 0.250. The molecular formula is C20H21NO5. The number of Topliss-reactive ketones (excluding diaryl/α,β-unsaturated/α-hetero) is 1. The topological polar surface area (TPSA) is 81.7 Å². The number of ether oxygens (including phenoxy) is 2. The number of ketones is 1. The van der Waals surface area contributed by atoms with E-state index in [2.05, 4.69) is 5.32 Å². The molecule has 0 fully saturated rings. The normalized spacial score (nSPS) is 10.1. The minimum absolute atomic E-state index is 0.280. The predicted molar refractivity (Wildman–Crippen MR) is 96.5 cm³/mol. The molecule has 0 aliphatic heterocycles. The molecule has 0 aliphatic rings. The number of hydrogen-bond acceptors (Lipinski definition) is 5. The molecule has 2 aromatic rings. The third-order valence-corrected chi connectivity index (χ3v) is 3.79. The summed E-state index contributed by atoms with van der Waals surface area (Å²) in [6.07, 6.45) is 0. The van der Waals surface area contributed by atoms with Gasteiger partial charge in [0.25, 0.3) is 5.91 Å². The van der Waals surface area contributed by atoms with Crippen molar-refractivity contribution < 1.29 is 23.9 Å². The van der Waals surface area contributed by atoms with Crippen molar-refractivity contribution in [2.24, 2.45) is 0 Å². The van der Waals surface area contributed by atoms with Crippen molar-refractivity contribution in [2.45, 2.75) is 13.8 Å². The average Bonchev–Trinajstić information content (AvgIpc) is 2.64. The van der Waals surface area contributed by atoms with Gasteiger partial charge in [0.1, 0.15) is 12.3 Å². The van der Waals surface area contributed by atoms with Crippen molar-refractivity contribution in [1.29, 1.82) is 0 Å². The lowest BCUT2D eigenvalue weighted by Gasteiger charge is -2.08. The first kappa shape index (κ1) is 19.2. The van der Waals surface area contributed by atoms with Gasteiger partial charge in [0.05, 0.1) is 7.11 Å². The van der Waals surface area contributed by atoms with E-state index in [0.29, 0.717) is 16.9 Å². The molecule has 6 heteroatoms. The van der Waals surface area contributed by atoms with E-state index < -0.39 is 11.9 Å². The molecule has 26 heavy (non-hydrogen) atoms. The highest BCUT2D eigenvalue weighted by Gasteiger charge is 2.13. The molecule has 0 spiro atoms. The molecule has 0 aliphatic carbocycles. The lowest BCUT2D eigenvalue weighted by Crippen LogP contribution is -2.31. The van der Waals surface area contributed by atoms with Crippen LogP contribution in [-0.4, -0.2) is 37.9 Å². The largest absolute Gasteiger partial charge is 0.497 e. The number of methoxy groups -OCH3 is 1. The first-order valence-electron chi connectivity index (χ1n) is 8.09. The van der Waals surface area contributed by atoms with Gasteiger partial charge in [0.15, 0.2) is 6.61 Å². The van der Waals surface area contributed by atoms with E-state index in [-0.39, 0.29) is 18.9 Å². The maximum atomic E-state index is 12.1. The molecule has 1 amide bonds. The summed E-state index contributed by atoms with van der Waals surface area (Å²) in [5.74, 6) is -0.738. The van der Waals surface area contributed by atoms with E-state index in [4.69, 9.17) is 9.47 Å². The number of aryl methyl sites for hydroxylation is 2. The van der Waals surface area contributed by atoms with Crippen LogP contribution in [0.5, 0.6) is 5.75 Å². The first-order valence-corrected chi connectivity index (χ1v) is 8.09. The van der Waals surface area contributed by atoms with Crippen LogP contribution >= 0.6 is 0 Å². The zero-order valence-corrected chi connectivity index (χ0v) is 15.0. The highest BCUT2D eigenvalue weighted by atomic mass is 16.5. The Bertz CT molecular complexity index is 811. The van der Waals surface area contributed by atoms with E-state index in [9.17, 15) is 14.4 Å². The molecule has 0 radical (unpaired) electrons. The van der Waals surface area contributed by atoms with Gasteiger partial charge in [-0.05, 0) is 43.7 Å². The molecule has 0 heterocycles. The van der Waals surface area contributed by atoms with Crippen molar-refractivity contribution in [3.05, 3.63) is 64.7 Å². The van der Waals surface area contributed by atoms with Crippen molar-refractivity contribution >= 4 is 17.7 Å². The lowest BCUT2D eigenvalue weighted by atomic mass is 10.0. The summed E-state index contributed by atoms with van der Waals surface area (Å²) in [7, 11) is 1.53. The number of carbonyl (C=O) groups excluding carboxylic acids is 3. The average molecular weight is 355 g/mol. The molecule has 136 valence electrons. The third kappa shape index (κ3) is 5.17. The summed E-state index contributed by atoms with van der Waals surface area (Å²) in [4.78, 5) is 35.8. The number of benzene rings is 2. The molecule has 0 atom stereocenters. The van der Waals surface area contributed by atoms with Crippen LogP contribution in [0.15, 0.2) is 42.5 Å². The molecule has 1 N–H and O–H groups in total. The SMILES string of the molecule is COc1ccc(C(=O)NCC(=O)OCC(=O)c2ccc(C)cc2C)cc1. The maximum absolute atomic E-state index is 12.1. The van der Waals surface area contributed by atoms with Gasteiger partial charge < -0.3 is 14.8 Å². The van der Waals surface area contributed by atoms with Gasteiger partial charge in [-0.25, -0.2) is 0 Å². The summed E-state index contributed by atoms with van der Waals surface area (Å²) in [6, 6.07) is 11.9. The number of hydrogen-bond donors (Lipinski definition) is 1. The Morgan fingerprint density at radius 1 is 1.00 bits per heavy atom. The Morgan fingerprint density at radius 3 is 2.31 bits per heavy atom. The van der Waals surface area contributed by atoms with Crippen molar-refractivity contribution in [2.75, 3.05) is 20.3 Å². The monoisotopic (exact) mass is 355 g/mol. The summed E-state index contributed by atoms with van der Waals surface area (Å²) in [5, 5.41) is 2.45. The Kier molecular flexibility index (Phi) is 6.49. The van der Waals surface area contributed by atoms with Crippen molar-refractivity contribution in [1.82, 2.24) is 5.32 Å². The fourth-order valence-electron chi connectivity index (χ4n) is 2.40. The summed E-state index contributed by atoms with van der Waals surface area (Å²) in [5.41, 5.74) is 2.80. The number of amides is 1. The minimum atomic E-state index is -0.676. The van der Waals surface area contributed by atoms with E-state index in [1.54, 1.807) is 30.3 Å². The number of carbonyl (C=O) groups is 3. The van der Waals surface area contributed by atoms with Gasteiger partial charge >= 0.3 is 5.97 Å². The van der Waals surface area contributed by atoms with Crippen LogP contribution in [0.1, 0.15) is 31.8 Å². The summed E-state index contributed by atoms with van der Waals surface area (Å²) in [6.45, 7) is 3.09. The van der Waals surface area contributed by atoms with Gasteiger partial charge in [-0.2, -0.15) is 0 Å². The van der Waals surface area contributed by atoms with Gasteiger partial charge in [0.2, 0.25) is 5.78 Å². The zero-order chi connectivity index (χ0) is 19.1. The standard InChI is InChI=1S/C20H21NO5/c1-13-4-9-17(14(2)10-13)18(22)12-26-19(23)11-21-20(24)15-5-7-16(25-3)8-6-15/h4-10H,11-12H2,1-3H3,(H,21,24). The number of nitrogens with one attached hydrogen (secondary N) is 1. The second-order valence-corrected chi connectivity index (χ2v) is 5.81. The lowest BCUT2D eigenvalue weighted by molar-refractivity contribution is -0.141. The Morgan fingerprint density at radius 2 is 1.69 bits per heavy atom. The molecule has 0 saturated heterocycles. The van der Waals surface area contributed by atoms with Crippen LogP contribution in [0, 0.1) is 13.8 Å². The van der Waals surface area contributed by atoms with Crippen LogP contribution in [0.4, 0.5) is 0 Å². The molecule has 0 saturated carbocycles. The van der Waals surface area contributed by atoms with Gasteiger partial charge in [0, 0.05) is 11.1 Å². The maximum Gasteiger partial charge on any atom is 0.325 e. The first-order chi connectivity index (χ1) is 12.4. The second kappa shape index (κ2) is 8.80. The van der Waals surface area contributed by atoms with Crippen molar-refractivity contribution in [3.63, 3.8) is 0 Å². The van der Waals surface area contributed by atoms with Crippen LogP contribution in [-0.2, 0) is 9.53 Å². The predicted octanol–water partition coefficient (Wildman–Crippen LogP) is 2.47. The highest BCUT2D eigenvalue weighted by Crippen LogP contribution is 2.12. The Labute approximate surface area is 152 Å². The molecule has 0 aromatic heterocycles. The highest BCUT2D eigenvalue weighted by molar-refractivity contribution is 5.99. The van der Waals surface area contributed by atoms with E-state index in [0.717, 1.165) is 11.1 Å². The van der Waals surface area contributed by atoms with Gasteiger partial charge in [-0.1, -0.05) is 23.8 Å². The van der Waals surface area contributed by atoms with Crippen LogP contribution < -0.4 is 10.1 Å². The number of esters is 1. The third-order valence-electron chi connectivity index (χ3n) is 3.79. The Hall–Kier alpha value is -3.15. The van der Waals surface area contributed by atoms with Gasteiger partial charge in [-0.15, -0.1) is 0 Å². The molecule has 2 rings (SSSR count). The van der Waals surface area contributed by atoms with Crippen molar-refractivity contribution in [3.8, 4) is 5.75 Å². The molecule has 2 aromatic carbocycles. The van der Waals surface area contributed by atoms with Crippen LogP contribution in [0.3, 0.4) is 0 Å². The number of rotatable bonds is 7. The quantitative estimate of drug-likeness (QED) is 0.609. The molecule has 6 nitrogen and oxygen atoms in total. The minimum Gasteiger partial charge on any atom is -0.497 e. The summed E-state index contributed by atoms with van der Waals surface area (Å²) >= 11 is 0. The zero-order valence-electron chi connectivity index (χ0n) is 15.0. The molecular weight excluding hydrogens is 334 g/mol. The van der Waals surface area contributed by atoms with Crippen LogP contribution in [0.2, 0.25) is 0 Å². The second-order valence-electron chi connectivity index (χ2n) is 5.81. The van der Waals surface area contributed by atoms with Crippen LogP contribution in [0.25, 0.3) is 0 Å². The Balaban J connectivity index is 1.81. The molecule has 0 bridgehead atoms. The summed E-state index contributed by atoms with van der Waals surface area (Å²) < 4.78 is 9.96. The van der Waals surface area contributed by atoms with Gasteiger partial charge in [-0.3, -0.25) is 14.4 Å². The fourth-order valence-corrected chi connectivity index (χ4v) is 2.40. The van der Waals surface area contributed by atoms with E-state index in [1.165, 1.54) is 7.11 Å². The smallest absolute Gasteiger partial charge is 0.325 e. The van der Waals surface area contributed by atoms with E-state index in [1.807, 2.05) is 26.0 Å². The van der Waals surface area contributed by atoms with E-state index >= 15 is 0 Å².